The summed E-state index contributed by atoms with van der Waals surface area (Å²) < 4.78 is 6.69. The summed E-state index contributed by atoms with van der Waals surface area (Å²) in [6.07, 6.45) is 4.83. The molecule has 118 valence electrons. The highest BCUT2D eigenvalue weighted by Crippen LogP contribution is 2.12. The number of nitrogens with zero attached hydrogens (tertiary/aromatic N) is 2. The monoisotopic (exact) mass is 296 g/mol. The number of rotatable bonds is 5. The molecule has 0 saturated heterocycles. The van der Waals surface area contributed by atoms with E-state index < -0.39 is 11.7 Å². The second-order valence-electron chi connectivity index (χ2n) is 5.83. The molecule has 0 fully saturated rings. The van der Waals surface area contributed by atoms with Crippen LogP contribution in [0.15, 0.2) is 18.5 Å². The van der Waals surface area contributed by atoms with E-state index in [0.29, 0.717) is 12.8 Å². The Balaban J connectivity index is 2.45. The summed E-state index contributed by atoms with van der Waals surface area (Å²) >= 11 is 0. The molecular weight excluding hydrogens is 272 g/mol. The SMILES string of the molecule is CON(C)C(=O)CCCc1ccn(C(=O)OC(C)(C)C)c1. The molecule has 0 bridgehead atoms. The number of amides is 1. The van der Waals surface area contributed by atoms with Gasteiger partial charge in [-0.3, -0.25) is 14.2 Å². The number of hydrogen-bond donors (Lipinski definition) is 0. The van der Waals surface area contributed by atoms with Crippen molar-refractivity contribution in [2.45, 2.75) is 45.6 Å². The lowest BCUT2D eigenvalue weighted by Gasteiger charge is -2.19. The molecule has 0 saturated carbocycles. The predicted molar refractivity (Wildman–Crippen MR) is 78.8 cm³/mol. The van der Waals surface area contributed by atoms with Crippen LogP contribution in [-0.2, 0) is 20.8 Å². The number of aromatic nitrogens is 1. The highest BCUT2D eigenvalue weighted by molar-refractivity contribution is 5.74. The lowest BCUT2D eigenvalue weighted by Crippen LogP contribution is -2.26. The fourth-order valence-electron chi connectivity index (χ4n) is 1.72. The van der Waals surface area contributed by atoms with E-state index in [4.69, 9.17) is 9.57 Å². The average molecular weight is 296 g/mol. The standard InChI is InChI=1S/C15H24N2O4/c1-15(2,3)21-14(19)17-10-9-12(11-17)7-6-8-13(18)16(4)20-5/h9-11H,6-8H2,1-5H3. The van der Waals surface area contributed by atoms with Crippen molar-refractivity contribution in [3.05, 3.63) is 24.0 Å². The van der Waals surface area contributed by atoms with E-state index in [1.165, 1.54) is 16.7 Å². The minimum absolute atomic E-state index is 0.0657. The highest BCUT2D eigenvalue weighted by Gasteiger charge is 2.17. The summed E-state index contributed by atoms with van der Waals surface area (Å²) in [5.41, 5.74) is 0.479. The van der Waals surface area contributed by atoms with Gasteiger partial charge < -0.3 is 4.74 Å². The molecule has 6 nitrogen and oxygen atoms in total. The van der Waals surface area contributed by atoms with Crippen molar-refractivity contribution >= 4 is 12.0 Å². The van der Waals surface area contributed by atoms with Crippen molar-refractivity contribution in [3.8, 4) is 0 Å². The predicted octanol–water partition coefficient (Wildman–Crippen LogP) is 2.61. The second kappa shape index (κ2) is 7.26. The topological polar surface area (TPSA) is 60.8 Å². The van der Waals surface area contributed by atoms with Crippen molar-refractivity contribution in [3.63, 3.8) is 0 Å². The Morgan fingerprint density at radius 1 is 1.33 bits per heavy atom. The van der Waals surface area contributed by atoms with Gasteiger partial charge in [-0.15, -0.1) is 0 Å². The lowest BCUT2D eigenvalue weighted by molar-refractivity contribution is -0.168. The van der Waals surface area contributed by atoms with Gasteiger partial charge in [0, 0.05) is 25.9 Å². The van der Waals surface area contributed by atoms with Crippen molar-refractivity contribution < 1.29 is 19.2 Å². The third kappa shape index (κ3) is 5.99. The maximum Gasteiger partial charge on any atom is 0.418 e. The fraction of sp³-hybridized carbons (Fsp3) is 0.600. The molecule has 0 radical (unpaired) electrons. The van der Waals surface area contributed by atoms with E-state index >= 15 is 0 Å². The summed E-state index contributed by atoms with van der Waals surface area (Å²) in [6, 6.07) is 1.86. The van der Waals surface area contributed by atoms with Crippen LogP contribution in [0.1, 0.15) is 39.2 Å². The first-order valence-electron chi connectivity index (χ1n) is 6.94. The Morgan fingerprint density at radius 2 is 2.00 bits per heavy atom. The van der Waals surface area contributed by atoms with Gasteiger partial charge in [0.05, 0.1) is 7.11 Å². The van der Waals surface area contributed by atoms with Crippen molar-refractivity contribution in [2.75, 3.05) is 14.2 Å². The molecule has 0 N–H and O–H groups in total. The van der Waals surface area contributed by atoms with E-state index in [9.17, 15) is 9.59 Å². The zero-order chi connectivity index (χ0) is 16.0. The van der Waals surface area contributed by atoms with Gasteiger partial charge in [-0.25, -0.2) is 9.86 Å². The normalized spacial score (nSPS) is 11.3. The molecule has 0 aromatic carbocycles. The molecule has 1 aromatic rings. The van der Waals surface area contributed by atoms with E-state index in [2.05, 4.69) is 0 Å². The second-order valence-corrected chi connectivity index (χ2v) is 5.83. The molecule has 1 aromatic heterocycles. The molecule has 0 aliphatic heterocycles. The number of hydrogen-bond acceptors (Lipinski definition) is 4. The summed E-state index contributed by atoms with van der Waals surface area (Å²) in [5.74, 6) is -0.0657. The van der Waals surface area contributed by atoms with Crippen LogP contribution in [0.25, 0.3) is 0 Å². The van der Waals surface area contributed by atoms with Crippen molar-refractivity contribution in [1.82, 2.24) is 9.63 Å². The third-order valence-electron chi connectivity index (χ3n) is 2.84. The zero-order valence-electron chi connectivity index (χ0n) is 13.4. The quantitative estimate of drug-likeness (QED) is 0.784. The first-order chi connectivity index (χ1) is 9.73. The first kappa shape index (κ1) is 17.2. The van der Waals surface area contributed by atoms with E-state index in [0.717, 1.165) is 12.0 Å². The number of ether oxygens (including phenoxy) is 1. The van der Waals surface area contributed by atoms with Crippen LogP contribution in [0.5, 0.6) is 0 Å². The van der Waals surface area contributed by atoms with Crippen LogP contribution in [0, 0.1) is 0 Å². The summed E-state index contributed by atoms with van der Waals surface area (Å²) in [6.45, 7) is 5.48. The Kier molecular flexibility index (Phi) is 5.96. The van der Waals surface area contributed by atoms with Crippen LogP contribution in [0.2, 0.25) is 0 Å². The summed E-state index contributed by atoms with van der Waals surface area (Å²) in [7, 11) is 3.04. The molecule has 1 rings (SSSR count). The number of carbonyl (C=O) groups is 2. The molecule has 6 heteroatoms. The molecule has 0 aliphatic rings. The van der Waals surface area contributed by atoms with E-state index in [1.54, 1.807) is 19.4 Å². The Bertz CT molecular complexity index is 488. The number of hydroxylamine groups is 2. The maximum atomic E-state index is 11.8. The van der Waals surface area contributed by atoms with Crippen LogP contribution < -0.4 is 0 Å². The molecule has 21 heavy (non-hydrogen) atoms. The van der Waals surface area contributed by atoms with Crippen LogP contribution in [-0.4, -0.2) is 41.4 Å². The number of carbonyl (C=O) groups excluding carboxylic acids is 2. The van der Waals surface area contributed by atoms with Gasteiger partial charge in [-0.05, 0) is 45.2 Å². The highest BCUT2D eigenvalue weighted by atomic mass is 16.7. The maximum absolute atomic E-state index is 11.8. The smallest absolute Gasteiger partial charge is 0.418 e. The lowest BCUT2D eigenvalue weighted by atomic mass is 10.1. The zero-order valence-corrected chi connectivity index (χ0v) is 13.4. The van der Waals surface area contributed by atoms with E-state index in [1.807, 2.05) is 26.8 Å². The van der Waals surface area contributed by atoms with Gasteiger partial charge in [-0.2, -0.15) is 0 Å². The third-order valence-corrected chi connectivity index (χ3v) is 2.84. The van der Waals surface area contributed by atoms with Crippen molar-refractivity contribution in [2.24, 2.45) is 0 Å². The number of aryl methyl sites for hydroxylation is 1. The molecule has 0 atom stereocenters. The fourth-order valence-corrected chi connectivity index (χ4v) is 1.72. The average Bonchev–Trinajstić information content (AvgIpc) is 2.84. The summed E-state index contributed by atoms with van der Waals surface area (Å²) in [4.78, 5) is 28.2. The van der Waals surface area contributed by atoms with Crippen LogP contribution in [0.4, 0.5) is 4.79 Å². The molecular formula is C15H24N2O4. The molecule has 0 aliphatic carbocycles. The molecule has 0 unspecified atom stereocenters. The Hall–Kier alpha value is -1.82. The van der Waals surface area contributed by atoms with Gasteiger partial charge in [0.2, 0.25) is 5.91 Å². The Labute approximate surface area is 125 Å². The van der Waals surface area contributed by atoms with Gasteiger partial charge in [0.1, 0.15) is 5.60 Å². The van der Waals surface area contributed by atoms with Crippen LogP contribution >= 0.6 is 0 Å². The summed E-state index contributed by atoms with van der Waals surface area (Å²) in [5, 5.41) is 1.21. The van der Waals surface area contributed by atoms with Gasteiger partial charge in [0.25, 0.3) is 0 Å². The van der Waals surface area contributed by atoms with E-state index in [-0.39, 0.29) is 5.91 Å². The molecule has 1 amide bonds. The minimum Gasteiger partial charge on any atom is -0.443 e. The van der Waals surface area contributed by atoms with Crippen LogP contribution in [0.3, 0.4) is 0 Å². The van der Waals surface area contributed by atoms with Gasteiger partial charge in [-0.1, -0.05) is 0 Å². The Morgan fingerprint density at radius 3 is 2.57 bits per heavy atom. The minimum atomic E-state index is -0.515. The van der Waals surface area contributed by atoms with Gasteiger partial charge >= 0.3 is 6.09 Å². The molecule has 0 spiro atoms. The van der Waals surface area contributed by atoms with Gasteiger partial charge in [0.15, 0.2) is 0 Å². The van der Waals surface area contributed by atoms with Crippen molar-refractivity contribution in [1.29, 1.82) is 0 Å². The first-order valence-corrected chi connectivity index (χ1v) is 6.94. The molecule has 1 heterocycles. The largest absolute Gasteiger partial charge is 0.443 e.